The maximum atomic E-state index is 12.6. The van der Waals surface area contributed by atoms with Gasteiger partial charge >= 0.3 is 12.2 Å². The van der Waals surface area contributed by atoms with Crippen molar-refractivity contribution < 1.29 is 31.5 Å². The van der Waals surface area contributed by atoms with Gasteiger partial charge in [0, 0.05) is 11.3 Å². The lowest BCUT2D eigenvalue weighted by atomic mass is 10.0. The molecule has 33 heavy (non-hydrogen) atoms. The molecule has 2 amide bonds. The number of urea groups is 1. The van der Waals surface area contributed by atoms with Crippen LogP contribution >= 0.6 is 0 Å². The van der Waals surface area contributed by atoms with Crippen LogP contribution in [-0.2, 0) is 16.6 Å². The van der Waals surface area contributed by atoms with Gasteiger partial charge in [-0.1, -0.05) is 48.5 Å². The number of carbonyl (C=O) groups excluding carboxylic acids is 1. The second kappa shape index (κ2) is 10.0. The van der Waals surface area contributed by atoms with Crippen LogP contribution in [0.25, 0.3) is 11.1 Å². The number of carbonyl (C=O) groups is 1. The Balaban J connectivity index is 1.92. The number of amides is 2. The van der Waals surface area contributed by atoms with E-state index >= 15 is 0 Å². The van der Waals surface area contributed by atoms with E-state index in [2.05, 4.69) is 10.6 Å². The summed E-state index contributed by atoms with van der Waals surface area (Å²) in [4.78, 5) is 12.1. The number of benzene rings is 3. The molecule has 174 valence electrons. The van der Waals surface area contributed by atoms with Crippen LogP contribution in [0, 0.1) is 0 Å². The maximum Gasteiger partial charge on any atom is 0.402 e. The Bertz CT molecular complexity index is 1230. The molecule has 0 unspecified atom stereocenters. The largest absolute Gasteiger partial charge is 0.402 e. The van der Waals surface area contributed by atoms with E-state index in [1.807, 2.05) is 0 Å². The number of sulfonamides is 1. The van der Waals surface area contributed by atoms with Crippen LogP contribution in [-0.4, -0.2) is 32.3 Å². The zero-order chi connectivity index (χ0) is 24.1. The third kappa shape index (κ3) is 6.78. The molecule has 0 aromatic heterocycles. The minimum atomic E-state index is -4.72. The number of rotatable bonds is 7. The highest BCUT2D eigenvalue weighted by molar-refractivity contribution is 7.89. The van der Waals surface area contributed by atoms with Gasteiger partial charge in [-0.15, -0.1) is 0 Å². The normalized spacial score (nSPS) is 11.8. The molecule has 3 aromatic rings. The predicted molar refractivity (Wildman–Crippen MR) is 118 cm³/mol. The molecule has 0 atom stereocenters. The summed E-state index contributed by atoms with van der Waals surface area (Å²) in [6, 6.07) is 18.1. The van der Waals surface area contributed by atoms with Gasteiger partial charge in [0.25, 0.3) is 0 Å². The fraction of sp³-hybridized carbons (Fsp3) is 0.136. The predicted octanol–water partition coefficient (Wildman–Crippen LogP) is 4.33. The van der Waals surface area contributed by atoms with Crippen molar-refractivity contribution in [2.24, 2.45) is 0 Å². The number of hydrogen-bond donors (Lipinski definition) is 4. The van der Waals surface area contributed by atoms with Gasteiger partial charge in [0.05, 0.1) is 17.2 Å². The number of hydrogen-bond acceptors (Lipinski definition) is 4. The summed E-state index contributed by atoms with van der Waals surface area (Å²) in [5, 5.41) is 14.4. The van der Waals surface area contributed by atoms with Crippen molar-refractivity contribution in [3.63, 3.8) is 0 Å². The van der Waals surface area contributed by atoms with E-state index in [1.165, 1.54) is 10.8 Å². The van der Waals surface area contributed by atoms with Crippen LogP contribution < -0.4 is 15.4 Å². The van der Waals surface area contributed by atoms with Gasteiger partial charge in [0.15, 0.2) is 0 Å². The molecule has 4 N–H and O–H groups in total. The fourth-order valence-electron chi connectivity index (χ4n) is 2.96. The van der Waals surface area contributed by atoms with Crippen molar-refractivity contribution >= 4 is 27.4 Å². The minimum Gasteiger partial charge on any atom is -0.392 e. The molecule has 7 nitrogen and oxygen atoms in total. The first-order valence-electron chi connectivity index (χ1n) is 9.61. The topological polar surface area (TPSA) is 108 Å². The van der Waals surface area contributed by atoms with Crippen LogP contribution in [0.15, 0.2) is 77.7 Å². The highest BCUT2D eigenvalue weighted by Crippen LogP contribution is 2.31. The summed E-state index contributed by atoms with van der Waals surface area (Å²) in [6.07, 6.45) is -4.72. The molecule has 0 saturated heterocycles. The van der Waals surface area contributed by atoms with E-state index < -0.39 is 33.7 Å². The lowest BCUT2D eigenvalue weighted by Gasteiger charge is -2.15. The zero-order valence-electron chi connectivity index (χ0n) is 17.1. The monoisotopic (exact) mass is 479 g/mol. The van der Waals surface area contributed by atoms with Crippen molar-refractivity contribution in [2.45, 2.75) is 17.7 Å². The average molecular weight is 479 g/mol. The molecule has 11 heteroatoms. The minimum absolute atomic E-state index is 0.0758. The number of halogens is 3. The third-order valence-electron chi connectivity index (χ3n) is 4.46. The smallest absolute Gasteiger partial charge is 0.392 e. The second-order valence-electron chi connectivity index (χ2n) is 6.95. The molecule has 0 fully saturated rings. The summed E-state index contributed by atoms with van der Waals surface area (Å²) < 4.78 is 63.7. The van der Waals surface area contributed by atoms with Crippen molar-refractivity contribution in [3.8, 4) is 11.1 Å². The number of nitrogens with one attached hydrogen (secondary N) is 3. The summed E-state index contributed by atoms with van der Waals surface area (Å²) >= 11 is 0. The standard InChI is InChI=1S/C22H20F3N3O4S/c23-22(24,25)14-26-33(31,32)18-9-10-19(16-6-2-1-3-7-16)20(12-18)28-21(30)27-17-8-4-5-15(11-17)13-29/h1-12,26,29H,13-14H2,(H2,27,28,30). The maximum absolute atomic E-state index is 12.6. The third-order valence-corrected chi connectivity index (χ3v) is 5.86. The Morgan fingerprint density at radius 3 is 2.30 bits per heavy atom. The van der Waals surface area contributed by atoms with Crippen LogP contribution in [0.2, 0.25) is 0 Å². The van der Waals surface area contributed by atoms with Crippen LogP contribution in [0.5, 0.6) is 0 Å². The first-order valence-corrected chi connectivity index (χ1v) is 11.1. The Morgan fingerprint density at radius 2 is 1.64 bits per heavy atom. The number of anilines is 2. The zero-order valence-corrected chi connectivity index (χ0v) is 17.9. The van der Waals surface area contributed by atoms with Gasteiger partial charge in [-0.05, 0) is 35.4 Å². The molecule has 3 aromatic carbocycles. The number of aliphatic hydroxyl groups excluding tert-OH is 1. The Hall–Kier alpha value is -3.41. The van der Waals surface area contributed by atoms with E-state index in [1.54, 1.807) is 54.6 Å². The van der Waals surface area contributed by atoms with Gasteiger partial charge in [-0.2, -0.15) is 13.2 Å². The van der Waals surface area contributed by atoms with Crippen LogP contribution in [0.3, 0.4) is 0 Å². The van der Waals surface area contributed by atoms with Gasteiger partial charge < -0.3 is 15.7 Å². The summed E-state index contributed by atoms with van der Waals surface area (Å²) in [5.74, 6) is 0. The lowest BCUT2D eigenvalue weighted by molar-refractivity contribution is -0.121. The van der Waals surface area contributed by atoms with Crippen molar-refractivity contribution in [3.05, 3.63) is 78.4 Å². The number of alkyl halides is 3. The average Bonchev–Trinajstić information content (AvgIpc) is 2.78. The van der Waals surface area contributed by atoms with E-state index in [-0.39, 0.29) is 12.3 Å². The molecular weight excluding hydrogens is 459 g/mol. The molecular formula is C22H20F3N3O4S. The van der Waals surface area contributed by atoms with Crippen LogP contribution in [0.1, 0.15) is 5.56 Å². The van der Waals surface area contributed by atoms with Crippen molar-refractivity contribution in [1.82, 2.24) is 4.72 Å². The molecule has 0 bridgehead atoms. The Kier molecular flexibility index (Phi) is 7.36. The molecule has 0 aliphatic heterocycles. The van der Waals surface area contributed by atoms with Gasteiger partial charge in [-0.3, -0.25) is 0 Å². The lowest BCUT2D eigenvalue weighted by Crippen LogP contribution is -2.33. The molecule has 0 radical (unpaired) electrons. The molecule has 0 spiro atoms. The van der Waals surface area contributed by atoms with E-state index in [0.29, 0.717) is 22.4 Å². The van der Waals surface area contributed by atoms with E-state index in [4.69, 9.17) is 0 Å². The SMILES string of the molecule is O=C(Nc1cccc(CO)c1)Nc1cc(S(=O)(=O)NCC(F)(F)F)ccc1-c1ccccc1. The van der Waals surface area contributed by atoms with Crippen LogP contribution in [0.4, 0.5) is 29.3 Å². The van der Waals surface area contributed by atoms with Gasteiger partial charge in [0.2, 0.25) is 10.0 Å². The van der Waals surface area contributed by atoms with Crippen molar-refractivity contribution in [1.29, 1.82) is 0 Å². The first kappa shape index (κ1) is 24.2. The summed E-state index contributed by atoms with van der Waals surface area (Å²) in [5.41, 5.74) is 2.15. The molecule has 0 aliphatic carbocycles. The Labute approximate surface area is 188 Å². The van der Waals surface area contributed by atoms with Crippen molar-refractivity contribution in [2.75, 3.05) is 17.2 Å². The van der Waals surface area contributed by atoms with E-state index in [9.17, 15) is 31.5 Å². The first-order chi connectivity index (χ1) is 15.6. The Morgan fingerprint density at radius 1 is 0.909 bits per heavy atom. The van der Waals surface area contributed by atoms with E-state index in [0.717, 1.165) is 12.1 Å². The van der Waals surface area contributed by atoms with Gasteiger partial charge in [0.1, 0.15) is 6.54 Å². The second-order valence-corrected chi connectivity index (χ2v) is 8.72. The summed E-state index contributed by atoms with van der Waals surface area (Å²) in [7, 11) is -4.49. The molecule has 0 heterocycles. The van der Waals surface area contributed by atoms with Gasteiger partial charge in [-0.25, -0.2) is 17.9 Å². The highest BCUT2D eigenvalue weighted by Gasteiger charge is 2.30. The highest BCUT2D eigenvalue weighted by atomic mass is 32.2. The molecule has 0 saturated carbocycles. The quantitative estimate of drug-likeness (QED) is 0.405. The molecule has 0 aliphatic rings. The summed E-state index contributed by atoms with van der Waals surface area (Å²) in [6.45, 7) is -1.94. The fourth-order valence-corrected chi connectivity index (χ4v) is 4.00. The number of aliphatic hydroxyl groups is 1. The molecule has 3 rings (SSSR count).